The minimum atomic E-state index is -0.841. The average Bonchev–Trinajstić information content (AvgIpc) is 2.81. The van der Waals surface area contributed by atoms with E-state index < -0.39 is 18.0 Å². The molecule has 0 radical (unpaired) electrons. The Morgan fingerprint density at radius 1 is 1.28 bits per heavy atom. The Morgan fingerprint density at radius 3 is 2.92 bits per heavy atom. The highest BCUT2D eigenvalue weighted by Crippen LogP contribution is 2.20. The molecule has 2 heterocycles. The van der Waals surface area contributed by atoms with Crippen molar-refractivity contribution in [2.45, 2.75) is 37.9 Å². The fourth-order valence-corrected chi connectivity index (χ4v) is 3.26. The van der Waals surface area contributed by atoms with Crippen LogP contribution in [-0.4, -0.2) is 65.1 Å². The number of aliphatic hydroxyl groups is 1. The van der Waals surface area contributed by atoms with Gasteiger partial charge in [0.2, 0.25) is 11.8 Å². The van der Waals surface area contributed by atoms with Crippen molar-refractivity contribution in [1.82, 2.24) is 9.80 Å². The highest BCUT2D eigenvalue weighted by molar-refractivity contribution is 5.85. The zero-order chi connectivity index (χ0) is 17.8. The molecule has 6 nitrogen and oxygen atoms in total. The molecule has 1 N–H and O–H groups in total. The fraction of sp³-hybridized carbons (Fsp3) is 0.556. The van der Waals surface area contributed by atoms with Crippen LogP contribution in [0.3, 0.4) is 0 Å². The summed E-state index contributed by atoms with van der Waals surface area (Å²) in [5, 5.41) is 10.1. The van der Waals surface area contributed by atoms with E-state index in [4.69, 9.17) is 4.74 Å². The van der Waals surface area contributed by atoms with Gasteiger partial charge in [-0.1, -0.05) is 12.5 Å². The molecule has 1 aromatic rings. The topological polar surface area (TPSA) is 70.1 Å². The van der Waals surface area contributed by atoms with E-state index in [1.165, 1.54) is 23.1 Å². The molecule has 0 saturated carbocycles. The van der Waals surface area contributed by atoms with Gasteiger partial charge in [0.15, 0.2) is 0 Å². The first kappa shape index (κ1) is 17.7. The van der Waals surface area contributed by atoms with Gasteiger partial charge in [-0.3, -0.25) is 9.59 Å². The zero-order valence-electron chi connectivity index (χ0n) is 14.1. The summed E-state index contributed by atoms with van der Waals surface area (Å²) in [5.74, 6) is -0.281. The number of aliphatic hydroxyl groups excluding tert-OH is 1. The first-order chi connectivity index (χ1) is 12.0. The Kier molecular flexibility index (Phi) is 5.53. The molecule has 3 rings (SSSR count). The lowest BCUT2D eigenvalue weighted by Gasteiger charge is -2.23. The van der Waals surface area contributed by atoms with Crippen molar-refractivity contribution in [3.05, 3.63) is 30.1 Å². The standard InChI is InChI=1S/C18H23FN2O4/c19-13-5-4-6-14(9-13)25-16-11-21(10-15(16)22)18(24)12-20-8-3-1-2-7-17(20)23/h4-6,9,15-16,22H,1-3,7-8,10-12H2/t15-,16-/m1/s1. The van der Waals surface area contributed by atoms with Crippen molar-refractivity contribution in [3.63, 3.8) is 0 Å². The molecule has 0 spiro atoms. The van der Waals surface area contributed by atoms with Crippen LogP contribution in [0.1, 0.15) is 25.7 Å². The van der Waals surface area contributed by atoms with Gasteiger partial charge in [-0.2, -0.15) is 0 Å². The minimum absolute atomic E-state index is 0.0122. The third-order valence-electron chi connectivity index (χ3n) is 4.67. The Balaban J connectivity index is 1.56. The van der Waals surface area contributed by atoms with E-state index in [2.05, 4.69) is 0 Å². The number of hydrogen-bond acceptors (Lipinski definition) is 4. The Morgan fingerprint density at radius 2 is 2.12 bits per heavy atom. The summed E-state index contributed by atoms with van der Waals surface area (Å²) < 4.78 is 18.8. The zero-order valence-corrected chi connectivity index (χ0v) is 14.1. The molecule has 1 aromatic carbocycles. The number of carbonyl (C=O) groups is 2. The van der Waals surface area contributed by atoms with Gasteiger partial charge in [-0.25, -0.2) is 4.39 Å². The third kappa shape index (κ3) is 4.48. The normalized spacial score (nSPS) is 24.3. The summed E-state index contributed by atoms with van der Waals surface area (Å²) in [6, 6.07) is 5.69. The van der Waals surface area contributed by atoms with Crippen LogP contribution in [0, 0.1) is 5.82 Å². The molecule has 7 heteroatoms. The molecule has 2 aliphatic heterocycles. The monoisotopic (exact) mass is 350 g/mol. The molecule has 25 heavy (non-hydrogen) atoms. The first-order valence-corrected chi connectivity index (χ1v) is 8.69. The molecular weight excluding hydrogens is 327 g/mol. The number of ether oxygens (including phenoxy) is 1. The number of β-amino-alcohol motifs (C(OH)–C–C–N with tert-alkyl or cyclic N) is 1. The van der Waals surface area contributed by atoms with Crippen molar-refractivity contribution in [3.8, 4) is 5.75 Å². The van der Waals surface area contributed by atoms with E-state index in [9.17, 15) is 19.1 Å². The van der Waals surface area contributed by atoms with E-state index in [1.54, 1.807) is 11.0 Å². The number of benzene rings is 1. The molecule has 0 unspecified atom stereocenters. The molecule has 0 aromatic heterocycles. The van der Waals surface area contributed by atoms with Crippen LogP contribution in [0.5, 0.6) is 5.75 Å². The molecule has 2 amide bonds. The van der Waals surface area contributed by atoms with Gasteiger partial charge >= 0.3 is 0 Å². The largest absolute Gasteiger partial charge is 0.486 e. The van der Waals surface area contributed by atoms with Crippen LogP contribution in [0.15, 0.2) is 24.3 Å². The van der Waals surface area contributed by atoms with Crippen LogP contribution in [-0.2, 0) is 9.59 Å². The van der Waals surface area contributed by atoms with E-state index in [1.807, 2.05) is 0 Å². The molecule has 0 aliphatic carbocycles. The molecule has 0 bridgehead atoms. The maximum atomic E-state index is 13.2. The van der Waals surface area contributed by atoms with Crippen LogP contribution in [0.25, 0.3) is 0 Å². The highest BCUT2D eigenvalue weighted by atomic mass is 19.1. The molecule has 2 aliphatic rings. The molecular formula is C18H23FN2O4. The maximum absolute atomic E-state index is 13.2. The minimum Gasteiger partial charge on any atom is -0.486 e. The molecule has 2 atom stereocenters. The van der Waals surface area contributed by atoms with Gasteiger partial charge in [0.1, 0.15) is 23.8 Å². The van der Waals surface area contributed by atoms with Crippen LogP contribution >= 0.6 is 0 Å². The second-order valence-corrected chi connectivity index (χ2v) is 6.61. The van der Waals surface area contributed by atoms with Gasteiger partial charge in [0.25, 0.3) is 0 Å². The summed E-state index contributed by atoms with van der Waals surface area (Å²) in [6.45, 7) is 1.02. The Hall–Kier alpha value is -2.15. The summed E-state index contributed by atoms with van der Waals surface area (Å²) in [5.41, 5.74) is 0. The lowest BCUT2D eigenvalue weighted by atomic mass is 10.2. The average molecular weight is 350 g/mol. The second kappa shape index (κ2) is 7.82. The van der Waals surface area contributed by atoms with Gasteiger partial charge in [-0.05, 0) is 25.0 Å². The Bertz CT molecular complexity index is 639. The van der Waals surface area contributed by atoms with Crippen molar-refractivity contribution in [1.29, 1.82) is 0 Å². The first-order valence-electron chi connectivity index (χ1n) is 8.69. The van der Waals surface area contributed by atoms with Crippen molar-refractivity contribution >= 4 is 11.8 Å². The van der Waals surface area contributed by atoms with E-state index >= 15 is 0 Å². The molecule has 136 valence electrons. The number of hydrogen-bond donors (Lipinski definition) is 1. The third-order valence-corrected chi connectivity index (χ3v) is 4.67. The van der Waals surface area contributed by atoms with Crippen LogP contribution in [0.2, 0.25) is 0 Å². The molecule has 2 fully saturated rings. The van der Waals surface area contributed by atoms with Crippen LogP contribution < -0.4 is 4.74 Å². The summed E-state index contributed by atoms with van der Waals surface area (Å²) >= 11 is 0. The highest BCUT2D eigenvalue weighted by Gasteiger charge is 2.36. The fourth-order valence-electron chi connectivity index (χ4n) is 3.26. The van der Waals surface area contributed by atoms with Crippen molar-refractivity contribution in [2.24, 2.45) is 0 Å². The predicted octanol–water partition coefficient (Wildman–Crippen LogP) is 1.18. The summed E-state index contributed by atoms with van der Waals surface area (Å²) in [4.78, 5) is 27.6. The number of carbonyl (C=O) groups excluding carboxylic acids is 2. The predicted molar refractivity (Wildman–Crippen MR) is 88.5 cm³/mol. The number of halogens is 1. The lowest BCUT2D eigenvalue weighted by Crippen LogP contribution is -2.42. The van der Waals surface area contributed by atoms with E-state index in [-0.39, 0.29) is 31.4 Å². The number of likely N-dealkylation sites (tertiary alicyclic amines) is 2. The van der Waals surface area contributed by atoms with Crippen molar-refractivity contribution in [2.75, 3.05) is 26.2 Å². The number of nitrogens with zero attached hydrogens (tertiary/aromatic N) is 2. The lowest BCUT2D eigenvalue weighted by molar-refractivity contribution is -0.139. The SMILES string of the molecule is O=C1CCCCCN1CC(=O)N1C[C@@H](O)[C@H](Oc2cccc(F)c2)C1. The van der Waals surface area contributed by atoms with Gasteiger partial charge in [0.05, 0.1) is 19.6 Å². The van der Waals surface area contributed by atoms with Crippen molar-refractivity contribution < 1.29 is 23.8 Å². The number of rotatable bonds is 4. The van der Waals surface area contributed by atoms with Gasteiger partial charge in [-0.15, -0.1) is 0 Å². The summed E-state index contributed by atoms with van der Waals surface area (Å²) in [6.07, 6.45) is 1.82. The molecule has 2 saturated heterocycles. The Labute approximate surface area is 146 Å². The van der Waals surface area contributed by atoms with Crippen LogP contribution in [0.4, 0.5) is 4.39 Å². The summed E-state index contributed by atoms with van der Waals surface area (Å²) in [7, 11) is 0. The van der Waals surface area contributed by atoms with Gasteiger partial charge < -0.3 is 19.6 Å². The maximum Gasteiger partial charge on any atom is 0.242 e. The van der Waals surface area contributed by atoms with E-state index in [0.29, 0.717) is 18.7 Å². The number of amides is 2. The second-order valence-electron chi connectivity index (χ2n) is 6.61. The quantitative estimate of drug-likeness (QED) is 0.885. The smallest absolute Gasteiger partial charge is 0.242 e. The van der Waals surface area contributed by atoms with E-state index in [0.717, 1.165) is 19.3 Å². The van der Waals surface area contributed by atoms with Gasteiger partial charge in [0, 0.05) is 19.0 Å².